The standard InChI is InChI=1S/C16H21N3O2S.ClH/c17-12-13-3-1-4-15(11-13)22(20,21)19-9-6-14(7-10-19)16-5-2-8-18-16;/h1,3-4,11,14,16,18H,2,5-10H2;1H. The van der Waals surface area contributed by atoms with Crippen molar-refractivity contribution in [1.29, 1.82) is 5.26 Å². The highest BCUT2D eigenvalue weighted by atomic mass is 35.5. The maximum Gasteiger partial charge on any atom is 0.243 e. The van der Waals surface area contributed by atoms with Gasteiger partial charge in [-0.3, -0.25) is 0 Å². The molecule has 3 rings (SSSR count). The molecule has 0 amide bonds. The van der Waals surface area contributed by atoms with E-state index < -0.39 is 10.0 Å². The lowest BCUT2D eigenvalue weighted by atomic mass is 9.89. The van der Waals surface area contributed by atoms with Crippen LogP contribution in [0, 0.1) is 17.2 Å². The summed E-state index contributed by atoms with van der Waals surface area (Å²) in [6.45, 7) is 2.23. The fourth-order valence-corrected chi connectivity index (χ4v) is 5.02. The van der Waals surface area contributed by atoms with Crippen molar-refractivity contribution < 1.29 is 8.42 Å². The Morgan fingerprint density at radius 1 is 1.22 bits per heavy atom. The summed E-state index contributed by atoms with van der Waals surface area (Å²) >= 11 is 0. The Bertz CT molecular complexity index is 673. The van der Waals surface area contributed by atoms with Crippen molar-refractivity contribution in [3.63, 3.8) is 0 Å². The summed E-state index contributed by atoms with van der Waals surface area (Å²) in [7, 11) is -3.48. The molecule has 2 aliphatic heterocycles. The molecule has 1 unspecified atom stereocenters. The highest BCUT2D eigenvalue weighted by Crippen LogP contribution is 2.28. The normalized spacial score (nSPS) is 23.2. The summed E-state index contributed by atoms with van der Waals surface area (Å²) in [6.07, 6.45) is 4.26. The van der Waals surface area contributed by atoms with E-state index in [-0.39, 0.29) is 17.3 Å². The molecular formula is C16H22ClN3O2S. The molecule has 0 radical (unpaired) electrons. The van der Waals surface area contributed by atoms with Crippen molar-refractivity contribution >= 4 is 22.4 Å². The highest BCUT2D eigenvalue weighted by molar-refractivity contribution is 7.89. The molecule has 1 aromatic rings. The molecule has 2 saturated heterocycles. The third kappa shape index (κ3) is 3.86. The maximum absolute atomic E-state index is 12.7. The summed E-state index contributed by atoms with van der Waals surface area (Å²) in [5.74, 6) is 0.583. The van der Waals surface area contributed by atoms with Crippen LogP contribution in [0.1, 0.15) is 31.2 Å². The number of hydrogen-bond acceptors (Lipinski definition) is 4. The minimum absolute atomic E-state index is 0. The monoisotopic (exact) mass is 355 g/mol. The van der Waals surface area contributed by atoms with Crippen molar-refractivity contribution in [2.45, 2.75) is 36.6 Å². The van der Waals surface area contributed by atoms with Gasteiger partial charge in [0.15, 0.2) is 0 Å². The predicted octanol–water partition coefficient (Wildman–Crippen LogP) is 2.13. The molecule has 2 fully saturated rings. The van der Waals surface area contributed by atoms with E-state index in [9.17, 15) is 8.42 Å². The van der Waals surface area contributed by atoms with Crippen LogP contribution in [0.4, 0.5) is 0 Å². The molecule has 1 atom stereocenters. The zero-order chi connectivity index (χ0) is 15.6. The first-order chi connectivity index (χ1) is 10.6. The van der Waals surface area contributed by atoms with E-state index in [2.05, 4.69) is 5.32 Å². The van der Waals surface area contributed by atoms with Crippen molar-refractivity contribution in [2.24, 2.45) is 5.92 Å². The van der Waals surface area contributed by atoms with E-state index in [0.717, 1.165) is 19.4 Å². The van der Waals surface area contributed by atoms with E-state index in [0.29, 0.717) is 30.6 Å². The topological polar surface area (TPSA) is 73.2 Å². The molecule has 7 heteroatoms. The van der Waals surface area contributed by atoms with Crippen molar-refractivity contribution in [3.05, 3.63) is 29.8 Å². The number of halogens is 1. The fraction of sp³-hybridized carbons (Fsp3) is 0.562. The molecule has 0 spiro atoms. The van der Waals surface area contributed by atoms with Crippen molar-refractivity contribution in [2.75, 3.05) is 19.6 Å². The second-order valence-corrected chi connectivity index (χ2v) is 8.02. The first-order valence-corrected chi connectivity index (χ1v) is 9.29. The first kappa shape index (κ1) is 18.2. The summed E-state index contributed by atoms with van der Waals surface area (Å²) < 4.78 is 26.9. The number of nitrogens with zero attached hydrogens (tertiary/aromatic N) is 2. The Labute approximate surface area is 144 Å². The van der Waals surface area contributed by atoms with Crippen LogP contribution in [0.3, 0.4) is 0 Å². The second kappa shape index (κ2) is 7.63. The number of hydrogen-bond donors (Lipinski definition) is 1. The van der Waals surface area contributed by atoms with Gasteiger partial charge in [-0.1, -0.05) is 6.07 Å². The van der Waals surface area contributed by atoms with Gasteiger partial charge < -0.3 is 5.32 Å². The summed E-state index contributed by atoms with van der Waals surface area (Å²) in [5, 5.41) is 12.5. The van der Waals surface area contributed by atoms with E-state index in [4.69, 9.17) is 5.26 Å². The van der Waals surface area contributed by atoms with E-state index in [1.54, 1.807) is 22.5 Å². The van der Waals surface area contributed by atoms with Crippen molar-refractivity contribution in [1.82, 2.24) is 9.62 Å². The van der Waals surface area contributed by atoms with Gasteiger partial charge in [-0.05, 0) is 56.3 Å². The number of sulfonamides is 1. The Balaban J connectivity index is 0.00000192. The van der Waals surface area contributed by atoms with Crippen LogP contribution in [0.2, 0.25) is 0 Å². The molecule has 2 heterocycles. The zero-order valence-electron chi connectivity index (χ0n) is 12.9. The van der Waals surface area contributed by atoms with Crippen LogP contribution in [0.25, 0.3) is 0 Å². The average molecular weight is 356 g/mol. The molecule has 1 N–H and O–H groups in total. The van der Waals surface area contributed by atoms with Crippen molar-refractivity contribution in [3.8, 4) is 6.07 Å². The largest absolute Gasteiger partial charge is 0.314 e. The third-order valence-electron chi connectivity index (χ3n) is 4.77. The van der Waals surface area contributed by atoms with Gasteiger partial charge in [0.25, 0.3) is 0 Å². The SMILES string of the molecule is Cl.N#Cc1cccc(S(=O)(=O)N2CCC(C3CCCN3)CC2)c1. The molecular weight excluding hydrogens is 334 g/mol. The van der Waals surface area contributed by atoms with E-state index >= 15 is 0 Å². The third-order valence-corrected chi connectivity index (χ3v) is 6.66. The predicted molar refractivity (Wildman–Crippen MR) is 90.9 cm³/mol. The van der Waals surface area contributed by atoms with Crippen LogP contribution in [0.15, 0.2) is 29.2 Å². The number of rotatable bonds is 3. The Morgan fingerprint density at radius 3 is 2.57 bits per heavy atom. The average Bonchev–Trinajstić information content (AvgIpc) is 3.09. The molecule has 2 aliphatic rings. The van der Waals surface area contributed by atoms with E-state index in [1.165, 1.54) is 18.9 Å². The summed E-state index contributed by atoms with van der Waals surface area (Å²) in [4.78, 5) is 0.226. The number of benzene rings is 1. The number of piperidine rings is 1. The summed E-state index contributed by atoms with van der Waals surface area (Å²) in [6, 6.07) is 8.83. The zero-order valence-corrected chi connectivity index (χ0v) is 14.6. The molecule has 126 valence electrons. The van der Waals surface area contributed by atoms with Crippen LogP contribution in [0.5, 0.6) is 0 Å². The molecule has 1 aromatic carbocycles. The van der Waals surface area contributed by atoms with Crippen LogP contribution < -0.4 is 5.32 Å². The smallest absolute Gasteiger partial charge is 0.243 e. The molecule has 5 nitrogen and oxygen atoms in total. The van der Waals surface area contributed by atoms with Gasteiger partial charge in [0.1, 0.15) is 0 Å². The molecule has 0 bridgehead atoms. The minimum Gasteiger partial charge on any atom is -0.314 e. The van der Waals surface area contributed by atoms with Gasteiger partial charge in [0.05, 0.1) is 16.5 Å². The summed E-state index contributed by atoms with van der Waals surface area (Å²) in [5.41, 5.74) is 0.381. The Hall–Kier alpha value is -1.13. The quantitative estimate of drug-likeness (QED) is 0.901. The Kier molecular flexibility index (Phi) is 6.04. The minimum atomic E-state index is -3.48. The lowest BCUT2D eigenvalue weighted by Gasteiger charge is -2.34. The maximum atomic E-state index is 12.7. The molecule has 0 aliphatic carbocycles. The second-order valence-electron chi connectivity index (χ2n) is 6.08. The van der Waals surface area contributed by atoms with Crippen LogP contribution in [-0.2, 0) is 10.0 Å². The fourth-order valence-electron chi connectivity index (χ4n) is 3.51. The lowest BCUT2D eigenvalue weighted by Crippen LogP contribution is -2.43. The molecule has 23 heavy (non-hydrogen) atoms. The van der Waals surface area contributed by atoms with E-state index in [1.807, 2.05) is 6.07 Å². The number of nitriles is 1. The van der Waals surface area contributed by atoms with Crippen LogP contribution in [-0.4, -0.2) is 38.4 Å². The van der Waals surface area contributed by atoms with Gasteiger partial charge >= 0.3 is 0 Å². The Morgan fingerprint density at radius 2 is 1.96 bits per heavy atom. The lowest BCUT2D eigenvalue weighted by molar-refractivity contribution is 0.234. The molecule has 0 aromatic heterocycles. The van der Waals surface area contributed by atoms with Gasteiger partial charge in [0.2, 0.25) is 10.0 Å². The van der Waals surface area contributed by atoms with Gasteiger partial charge in [0, 0.05) is 19.1 Å². The van der Waals surface area contributed by atoms with Gasteiger partial charge in [-0.2, -0.15) is 9.57 Å². The number of nitrogens with one attached hydrogen (secondary N) is 1. The van der Waals surface area contributed by atoms with Gasteiger partial charge in [-0.25, -0.2) is 8.42 Å². The first-order valence-electron chi connectivity index (χ1n) is 7.85. The van der Waals surface area contributed by atoms with Crippen LogP contribution >= 0.6 is 12.4 Å². The highest BCUT2D eigenvalue weighted by Gasteiger charge is 2.33. The molecule has 0 saturated carbocycles. The van der Waals surface area contributed by atoms with Gasteiger partial charge in [-0.15, -0.1) is 12.4 Å².